The van der Waals surface area contributed by atoms with Crippen LogP contribution in [-0.4, -0.2) is 30.3 Å². The molecule has 182 valence electrons. The molecule has 2 aromatic carbocycles. The van der Waals surface area contributed by atoms with E-state index >= 15 is 0 Å². The van der Waals surface area contributed by atoms with Crippen molar-refractivity contribution in [2.24, 2.45) is 11.8 Å². The number of rotatable bonds is 8. The van der Waals surface area contributed by atoms with Gasteiger partial charge < -0.3 is 20.1 Å². The van der Waals surface area contributed by atoms with Crippen LogP contribution in [0.15, 0.2) is 66.7 Å². The van der Waals surface area contributed by atoms with Gasteiger partial charge in [0.25, 0.3) is 0 Å². The number of fused-ring (bicyclic) bond motifs is 1. The summed E-state index contributed by atoms with van der Waals surface area (Å²) in [4.78, 5) is 17.5. The summed E-state index contributed by atoms with van der Waals surface area (Å²) < 4.78 is 25.3. The van der Waals surface area contributed by atoms with Gasteiger partial charge in [0.05, 0.1) is 11.2 Å². The topological polar surface area (TPSA) is 72.5 Å². The summed E-state index contributed by atoms with van der Waals surface area (Å²) in [7, 11) is 0. The summed E-state index contributed by atoms with van der Waals surface area (Å²) in [6, 6.07) is 19.6. The lowest BCUT2D eigenvalue weighted by Crippen LogP contribution is -2.43. The Kier molecular flexibility index (Phi) is 6.43. The summed E-state index contributed by atoms with van der Waals surface area (Å²) in [5, 5.41) is 6.41. The zero-order valence-electron chi connectivity index (χ0n) is 20.0. The van der Waals surface area contributed by atoms with Crippen molar-refractivity contribution in [1.82, 2.24) is 15.6 Å². The standard InChI is InChI=1S/C28H30FN3O3/c1-3-28(2,32-27(33)34-17-18-7-5-4-6-8-18)20-13-24(19-9-11-21(29)12-10-19)31-25(14-20)35-26-22-15-30-16-23(22)26/h4-14,22-23,26,30H,3,15-17H2,1-2H3,(H,32,33)/t22-,23+,26?,28?. The van der Waals surface area contributed by atoms with Crippen LogP contribution in [0.3, 0.4) is 0 Å². The molecule has 0 radical (unpaired) electrons. The molecule has 7 heteroatoms. The molecule has 2 aliphatic rings. The fourth-order valence-corrected chi connectivity index (χ4v) is 4.68. The fourth-order valence-electron chi connectivity index (χ4n) is 4.68. The van der Waals surface area contributed by atoms with Crippen LogP contribution in [0, 0.1) is 17.7 Å². The van der Waals surface area contributed by atoms with Crippen molar-refractivity contribution < 1.29 is 18.7 Å². The van der Waals surface area contributed by atoms with Gasteiger partial charge in [-0.15, -0.1) is 0 Å². The molecule has 0 bridgehead atoms. The van der Waals surface area contributed by atoms with Gasteiger partial charge in [0.15, 0.2) is 0 Å². The average molecular weight is 476 g/mol. The zero-order chi connectivity index (χ0) is 24.4. The molecule has 2 heterocycles. The molecule has 1 aliphatic heterocycles. The van der Waals surface area contributed by atoms with Gasteiger partial charge >= 0.3 is 6.09 Å². The van der Waals surface area contributed by atoms with Gasteiger partial charge in [0.1, 0.15) is 18.5 Å². The van der Waals surface area contributed by atoms with E-state index in [2.05, 4.69) is 10.6 Å². The summed E-state index contributed by atoms with van der Waals surface area (Å²) >= 11 is 0. The highest BCUT2D eigenvalue weighted by molar-refractivity contribution is 5.69. The number of piperidine rings is 1. The van der Waals surface area contributed by atoms with E-state index < -0.39 is 11.6 Å². The van der Waals surface area contributed by atoms with Crippen LogP contribution in [0.1, 0.15) is 31.4 Å². The van der Waals surface area contributed by atoms with Gasteiger partial charge in [-0.2, -0.15) is 0 Å². The van der Waals surface area contributed by atoms with Crippen molar-refractivity contribution in [3.63, 3.8) is 0 Å². The molecule has 3 aromatic rings. The summed E-state index contributed by atoms with van der Waals surface area (Å²) in [6.45, 7) is 6.08. The lowest BCUT2D eigenvalue weighted by Gasteiger charge is -2.30. The molecule has 1 aliphatic carbocycles. The van der Waals surface area contributed by atoms with Crippen molar-refractivity contribution in [2.75, 3.05) is 13.1 Å². The molecule has 0 spiro atoms. The maximum Gasteiger partial charge on any atom is 0.408 e. The van der Waals surface area contributed by atoms with Crippen LogP contribution < -0.4 is 15.4 Å². The highest BCUT2D eigenvalue weighted by Crippen LogP contribution is 2.45. The molecule has 4 atom stereocenters. The van der Waals surface area contributed by atoms with Gasteiger partial charge in [-0.1, -0.05) is 37.3 Å². The molecule has 35 heavy (non-hydrogen) atoms. The van der Waals surface area contributed by atoms with E-state index in [0.717, 1.165) is 29.8 Å². The highest BCUT2D eigenvalue weighted by atomic mass is 19.1. The molecule has 1 saturated heterocycles. The van der Waals surface area contributed by atoms with Crippen LogP contribution in [0.2, 0.25) is 0 Å². The molecular weight excluding hydrogens is 445 g/mol. The van der Waals surface area contributed by atoms with Crippen molar-refractivity contribution in [2.45, 2.75) is 38.5 Å². The van der Waals surface area contributed by atoms with Crippen LogP contribution in [0.4, 0.5) is 9.18 Å². The van der Waals surface area contributed by atoms with Gasteiger partial charge in [-0.25, -0.2) is 14.2 Å². The number of aromatic nitrogens is 1. The number of alkyl carbamates (subject to hydrolysis) is 1. The maximum atomic E-state index is 13.5. The Hall–Kier alpha value is -3.45. The smallest absolute Gasteiger partial charge is 0.408 e. The van der Waals surface area contributed by atoms with E-state index in [4.69, 9.17) is 14.5 Å². The third-order valence-electron chi connectivity index (χ3n) is 7.15. The lowest BCUT2D eigenvalue weighted by molar-refractivity contribution is 0.126. The van der Waals surface area contributed by atoms with Crippen molar-refractivity contribution >= 4 is 6.09 Å². The van der Waals surface area contributed by atoms with Gasteiger partial charge in [0, 0.05) is 36.6 Å². The quantitative estimate of drug-likeness (QED) is 0.478. The fraction of sp³-hybridized carbons (Fsp3) is 0.357. The molecule has 2 unspecified atom stereocenters. The number of hydrogen-bond acceptors (Lipinski definition) is 5. The predicted octanol–water partition coefficient (Wildman–Crippen LogP) is 5.04. The molecule has 5 rings (SSSR count). The number of carbonyl (C=O) groups excluding carboxylic acids is 1. The summed E-state index contributed by atoms with van der Waals surface area (Å²) in [5.41, 5.74) is 2.50. The second-order valence-electron chi connectivity index (χ2n) is 9.53. The normalized spacial score (nSPS) is 22.1. The second kappa shape index (κ2) is 9.66. The number of nitrogens with zero attached hydrogens (tertiary/aromatic N) is 1. The summed E-state index contributed by atoms with van der Waals surface area (Å²) in [6.07, 6.45) is 0.276. The van der Waals surface area contributed by atoms with E-state index in [-0.39, 0.29) is 18.5 Å². The van der Waals surface area contributed by atoms with E-state index in [9.17, 15) is 9.18 Å². The average Bonchev–Trinajstić information content (AvgIpc) is 3.27. The minimum absolute atomic E-state index is 0.150. The first-order valence-electron chi connectivity index (χ1n) is 12.1. The van der Waals surface area contributed by atoms with E-state index in [0.29, 0.717) is 29.8 Å². The maximum absolute atomic E-state index is 13.5. The van der Waals surface area contributed by atoms with E-state index in [1.165, 1.54) is 12.1 Å². The van der Waals surface area contributed by atoms with Crippen LogP contribution >= 0.6 is 0 Å². The number of amides is 1. The number of benzene rings is 2. The van der Waals surface area contributed by atoms with Gasteiger partial charge in [0.2, 0.25) is 5.88 Å². The Labute approximate surface area is 204 Å². The molecule has 1 amide bonds. The van der Waals surface area contributed by atoms with Gasteiger partial charge in [-0.3, -0.25) is 0 Å². The molecule has 6 nitrogen and oxygen atoms in total. The third-order valence-corrected chi connectivity index (χ3v) is 7.15. The Bertz CT molecular complexity index is 1180. The van der Waals surface area contributed by atoms with E-state index in [1.807, 2.05) is 56.3 Å². The van der Waals surface area contributed by atoms with E-state index in [1.54, 1.807) is 12.1 Å². The Balaban J connectivity index is 1.39. The van der Waals surface area contributed by atoms with Crippen molar-refractivity contribution in [1.29, 1.82) is 0 Å². The first kappa shape index (κ1) is 23.3. The largest absolute Gasteiger partial charge is 0.474 e. The molecule has 1 saturated carbocycles. The SMILES string of the molecule is CCC(C)(NC(=O)OCc1ccccc1)c1cc(OC2[C@H]3CNC[C@@H]23)nc(-c2ccc(F)cc2)c1. The second-order valence-corrected chi connectivity index (χ2v) is 9.53. The first-order valence-corrected chi connectivity index (χ1v) is 12.1. The summed E-state index contributed by atoms with van der Waals surface area (Å²) in [5.74, 6) is 1.23. The number of hydrogen-bond donors (Lipinski definition) is 2. The highest BCUT2D eigenvalue weighted by Gasteiger charge is 2.55. The van der Waals surface area contributed by atoms with Crippen LogP contribution in [0.25, 0.3) is 11.3 Å². The number of nitrogens with one attached hydrogen (secondary N) is 2. The number of pyridine rings is 1. The van der Waals surface area contributed by atoms with Gasteiger partial charge in [-0.05, 0) is 54.8 Å². The first-order chi connectivity index (χ1) is 16.9. The molecular formula is C28H30FN3O3. The molecule has 2 N–H and O–H groups in total. The zero-order valence-corrected chi connectivity index (χ0v) is 20.0. The van der Waals surface area contributed by atoms with Crippen LogP contribution in [-0.2, 0) is 16.9 Å². The third kappa shape index (κ3) is 5.15. The Morgan fingerprint density at radius 2 is 1.83 bits per heavy atom. The number of ether oxygens (including phenoxy) is 2. The van der Waals surface area contributed by atoms with Crippen molar-refractivity contribution in [3.05, 3.63) is 83.7 Å². The Morgan fingerprint density at radius 3 is 2.51 bits per heavy atom. The minimum Gasteiger partial charge on any atom is -0.474 e. The van der Waals surface area contributed by atoms with Crippen molar-refractivity contribution in [3.8, 4) is 17.1 Å². The lowest BCUT2D eigenvalue weighted by atomic mass is 9.89. The monoisotopic (exact) mass is 475 g/mol. The molecule has 1 aromatic heterocycles. The Morgan fingerprint density at radius 1 is 1.11 bits per heavy atom. The number of halogens is 1. The molecule has 2 fully saturated rings. The number of carbonyl (C=O) groups is 1. The van der Waals surface area contributed by atoms with Crippen LogP contribution in [0.5, 0.6) is 5.88 Å². The minimum atomic E-state index is -0.718. The predicted molar refractivity (Wildman–Crippen MR) is 131 cm³/mol.